The number of benzene rings is 1. The van der Waals surface area contributed by atoms with Crippen LogP contribution in [-0.2, 0) is 4.79 Å². The van der Waals surface area contributed by atoms with Gasteiger partial charge in [0.2, 0.25) is 0 Å². The Hall–Kier alpha value is -2.52. The van der Waals surface area contributed by atoms with E-state index in [0.717, 1.165) is 6.54 Å². The van der Waals surface area contributed by atoms with Crippen molar-refractivity contribution < 1.29 is 19.4 Å². The van der Waals surface area contributed by atoms with Gasteiger partial charge in [0.1, 0.15) is 18.2 Å². The van der Waals surface area contributed by atoms with E-state index in [9.17, 15) is 4.79 Å². The summed E-state index contributed by atoms with van der Waals surface area (Å²) in [5, 5.41) is 17.6. The summed E-state index contributed by atoms with van der Waals surface area (Å²) < 4.78 is 10.8. The van der Waals surface area contributed by atoms with E-state index < -0.39 is 5.97 Å². The first-order valence-electron chi connectivity index (χ1n) is 6.28. The van der Waals surface area contributed by atoms with E-state index in [1.165, 1.54) is 13.2 Å². The predicted octanol–water partition coefficient (Wildman–Crippen LogP) is 1.63. The van der Waals surface area contributed by atoms with Crippen LogP contribution in [0.1, 0.15) is 5.56 Å². The molecule has 0 aliphatic heterocycles. The number of rotatable bonds is 7. The van der Waals surface area contributed by atoms with Crippen LogP contribution in [0.5, 0.6) is 11.5 Å². The lowest BCUT2D eigenvalue weighted by atomic mass is 10.1. The van der Waals surface area contributed by atoms with Gasteiger partial charge in [-0.2, -0.15) is 5.26 Å². The molecular formula is C15H18N2O4. The molecule has 0 radical (unpaired) electrons. The Morgan fingerprint density at radius 2 is 2.14 bits per heavy atom. The number of likely N-dealkylation sites (N-methyl/N-ethyl adjacent to an activating group) is 1. The van der Waals surface area contributed by atoms with Crippen molar-refractivity contribution in [3.63, 3.8) is 0 Å². The van der Waals surface area contributed by atoms with Crippen LogP contribution >= 0.6 is 0 Å². The van der Waals surface area contributed by atoms with Crippen molar-refractivity contribution in [2.45, 2.75) is 0 Å². The highest BCUT2D eigenvalue weighted by Gasteiger charge is 2.09. The Labute approximate surface area is 123 Å². The second kappa shape index (κ2) is 7.92. The highest BCUT2D eigenvalue weighted by Crippen LogP contribution is 2.28. The average Bonchev–Trinajstić information content (AvgIpc) is 2.44. The van der Waals surface area contributed by atoms with Crippen LogP contribution < -0.4 is 9.47 Å². The fourth-order valence-electron chi connectivity index (χ4n) is 1.54. The SMILES string of the molecule is COc1cc(C=C(C#N)C(=O)O)ccc1OCCN(C)C. The minimum atomic E-state index is -1.26. The van der Waals surface area contributed by atoms with Gasteiger partial charge in [-0.15, -0.1) is 0 Å². The van der Waals surface area contributed by atoms with Gasteiger partial charge in [0.15, 0.2) is 11.5 Å². The van der Waals surface area contributed by atoms with Gasteiger partial charge in [-0.1, -0.05) is 6.07 Å². The third kappa shape index (κ3) is 5.16. The lowest BCUT2D eigenvalue weighted by Crippen LogP contribution is -2.19. The van der Waals surface area contributed by atoms with Crippen LogP contribution in [0.25, 0.3) is 6.08 Å². The van der Waals surface area contributed by atoms with E-state index in [4.69, 9.17) is 19.8 Å². The number of nitriles is 1. The lowest BCUT2D eigenvalue weighted by molar-refractivity contribution is -0.132. The molecule has 0 saturated carbocycles. The highest BCUT2D eigenvalue weighted by atomic mass is 16.5. The topological polar surface area (TPSA) is 82.8 Å². The number of carboxylic acid groups (broad SMARTS) is 1. The summed E-state index contributed by atoms with van der Waals surface area (Å²) in [5.41, 5.74) is 0.226. The number of aliphatic carboxylic acids is 1. The molecule has 0 spiro atoms. The van der Waals surface area contributed by atoms with Crippen LogP contribution in [0.3, 0.4) is 0 Å². The first kappa shape index (κ1) is 16.5. The number of hydrogen-bond donors (Lipinski definition) is 1. The normalized spacial score (nSPS) is 11.1. The number of hydrogen-bond acceptors (Lipinski definition) is 5. The summed E-state index contributed by atoms with van der Waals surface area (Å²) in [6.45, 7) is 1.28. The zero-order valence-electron chi connectivity index (χ0n) is 12.3. The van der Waals surface area contributed by atoms with Crippen molar-refractivity contribution in [2.24, 2.45) is 0 Å². The Morgan fingerprint density at radius 3 is 2.67 bits per heavy atom. The van der Waals surface area contributed by atoms with Gasteiger partial charge in [0.05, 0.1) is 7.11 Å². The average molecular weight is 290 g/mol. The van der Waals surface area contributed by atoms with Gasteiger partial charge in [-0.3, -0.25) is 0 Å². The molecule has 1 aromatic rings. The molecule has 0 aromatic heterocycles. The third-order valence-electron chi connectivity index (χ3n) is 2.65. The summed E-state index contributed by atoms with van der Waals surface area (Å²) in [7, 11) is 5.40. The molecule has 0 fully saturated rings. The van der Waals surface area contributed by atoms with Gasteiger partial charge in [0.25, 0.3) is 0 Å². The standard InChI is InChI=1S/C15H18N2O4/c1-17(2)6-7-21-13-5-4-11(9-14(13)20-3)8-12(10-16)15(18)19/h4-5,8-9H,6-7H2,1-3H3,(H,18,19). The van der Waals surface area contributed by atoms with Crippen LogP contribution in [-0.4, -0.2) is 50.3 Å². The monoisotopic (exact) mass is 290 g/mol. The molecule has 6 heteroatoms. The second-order valence-corrected chi connectivity index (χ2v) is 4.54. The minimum Gasteiger partial charge on any atom is -0.493 e. The summed E-state index contributed by atoms with van der Waals surface area (Å²) in [6.07, 6.45) is 1.29. The largest absolute Gasteiger partial charge is 0.493 e. The van der Waals surface area contributed by atoms with Crippen LogP contribution in [0.15, 0.2) is 23.8 Å². The summed E-state index contributed by atoms with van der Waals surface area (Å²) in [6, 6.07) is 6.63. The predicted molar refractivity (Wildman–Crippen MR) is 78.3 cm³/mol. The maximum atomic E-state index is 10.8. The molecule has 1 aromatic carbocycles. The molecule has 0 amide bonds. The van der Waals surface area contributed by atoms with E-state index >= 15 is 0 Å². The van der Waals surface area contributed by atoms with Crippen molar-refractivity contribution in [2.75, 3.05) is 34.4 Å². The van der Waals surface area contributed by atoms with E-state index in [0.29, 0.717) is 23.7 Å². The van der Waals surface area contributed by atoms with Gasteiger partial charge >= 0.3 is 5.97 Å². The fraction of sp³-hybridized carbons (Fsp3) is 0.333. The first-order chi connectivity index (χ1) is 9.97. The zero-order valence-corrected chi connectivity index (χ0v) is 12.3. The van der Waals surface area contributed by atoms with E-state index in [1.54, 1.807) is 24.3 Å². The molecule has 0 saturated heterocycles. The summed E-state index contributed by atoms with van der Waals surface area (Å²) in [5.74, 6) is -0.196. The summed E-state index contributed by atoms with van der Waals surface area (Å²) >= 11 is 0. The maximum absolute atomic E-state index is 10.8. The molecular weight excluding hydrogens is 272 g/mol. The Balaban J connectivity index is 2.93. The maximum Gasteiger partial charge on any atom is 0.346 e. The van der Waals surface area contributed by atoms with Gasteiger partial charge < -0.3 is 19.5 Å². The van der Waals surface area contributed by atoms with E-state index in [1.807, 2.05) is 19.0 Å². The minimum absolute atomic E-state index is 0.335. The number of nitrogens with zero attached hydrogens (tertiary/aromatic N) is 2. The Bertz CT molecular complexity index is 574. The molecule has 0 bridgehead atoms. The van der Waals surface area contributed by atoms with Crippen molar-refractivity contribution in [3.05, 3.63) is 29.3 Å². The molecule has 0 aliphatic carbocycles. The van der Waals surface area contributed by atoms with Gasteiger partial charge in [0, 0.05) is 6.54 Å². The second-order valence-electron chi connectivity index (χ2n) is 4.54. The highest BCUT2D eigenvalue weighted by molar-refractivity contribution is 5.96. The van der Waals surface area contributed by atoms with Crippen molar-refractivity contribution in [3.8, 4) is 17.6 Å². The number of ether oxygens (including phenoxy) is 2. The molecule has 21 heavy (non-hydrogen) atoms. The van der Waals surface area contributed by atoms with Gasteiger partial charge in [-0.05, 0) is 37.9 Å². The lowest BCUT2D eigenvalue weighted by Gasteiger charge is -2.13. The van der Waals surface area contributed by atoms with Crippen LogP contribution in [0.2, 0.25) is 0 Å². The molecule has 0 aliphatic rings. The number of carboxylic acids is 1. The molecule has 0 atom stereocenters. The van der Waals surface area contributed by atoms with Gasteiger partial charge in [-0.25, -0.2) is 4.79 Å². The molecule has 0 heterocycles. The van der Waals surface area contributed by atoms with Crippen LogP contribution in [0, 0.1) is 11.3 Å². The number of carbonyl (C=O) groups is 1. The zero-order chi connectivity index (χ0) is 15.8. The number of methoxy groups -OCH3 is 1. The third-order valence-corrected chi connectivity index (χ3v) is 2.65. The van der Waals surface area contributed by atoms with Crippen molar-refractivity contribution >= 4 is 12.0 Å². The summed E-state index contributed by atoms with van der Waals surface area (Å²) in [4.78, 5) is 12.8. The molecule has 1 N–H and O–H groups in total. The molecule has 6 nitrogen and oxygen atoms in total. The molecule has 1 rings (SSSR count). The van der Waals surface area contributed by atoms with E-state index in [-0.39, 0.29) is 5.57 Å². The van der Waals surface area contributed by atoms with E-state index in [2.05, 4.69) is 0 Å². The molecule has 112 valence electrons. The van der Waals surface area contributed by atoms with Crippen molar-refractivity contribution in [1.82, 2.24) is 4.90 Å². The smallest absolute Gasteiger partial charge is 0.346 e. The Kier molecular flexibility index (Phi) is 6.24. The Morgan fingerprint density at radius 1 is 1.43 bits per heavy atom. The fourth-order valence-corrected chi connectivity index (χ4v) is 1.54. The first-order valence-corrected chi connectivity index (χ1v) is 6.28. The van der Waals surface area contributed by atoms with Crippen LogP contribution in [0.4, 0.5) is 0 Å². The van der Waals surface area contributed by atoms with Crippen molar-refractivity contribution in [1.29, 1.82) is 5.26 Å². The quantitative estimate of drug-likeness (QED) is 0.607. The molecule has 0 unspecified atom stereocenters.